The minimum absolute atomic E-state index is 0.0463. The van der Waals surface area contributed by atoms with Gasteiger partial charge in [0.05, 0.1) is 19.8 Å². The number of halogens is 1. The van der Waals surface area contributed by atoms with Crippen LogP contribution in [-0.4, -0.2) is 5.91 Å². The number of hydrogen-bond acceptors (Lipinski definition) is 3. The molecule has 0 radical (unpaired) electrons. The summed E-state index contributed by atoms with van der Waals surface area (Å²) in [5, 5.41) is 4.93. The van der Waals surface area contributed by atoms with Crippen LogP contribution >= 0.6 is 27.3 Å². The Balaban J connectivity index is 1.69. The molecular formula is C14H12BrNO2S. The van der Waals surface area contributed by atoms with Gasteiger partial charge in [0, 0.05) is 14.9 Å². The van der Waals surface area contributed by atoms with Crippen molar-refractivity contribution in [1.29, 1.82) is 0 Å². The van der Waals surface area contributed by atoms with Crippen LogP contribution < -0.4 is 5.32 Å². The van der Waals surface area contributed by atoms with Crippen molar-refractivity contribution < 1.29 is 9.53 Å². The van der Waals surface area contributed by atoms with E-state index in [1.807, 2.05) is 29.6 Å². The molecule has 0 saturated heterocycles. The Labute approximate surface area is 123 Å². The number of benzene rings is 1. The van der Waals surface area contributed by atoms with E-state index in [1.165, 1.54) is 5.56 Å². The molecule has 1 aliphatic rings. The van der Waals surface area contributed by atoms with Gasteiger partial charge >= 0.3 is 0 Å². The van der Waals surface area contributed by atoms with E-state index >= 15 is 0 Å². The molecule has 0 unspecified atom stereocenters. The van der Waals surface area contributed by atoms with Crippen LogP contribution in [0.3, 0.4) is 0 Å². The highest BCUT2D eigenvalue weighted by molar-refractivity contribution is 9.10. The molecular weight excluding hydrogens is 326 g/mol. The summed E-state index contributed by atoms with van der Waals surface area (Å²) in [6.45, 7) is 1.80. The van der Waals surface area contributed by atoms with Gasteiger partial charge in [-0.05, 0) is 50.6 Å². The summed E-state index contributed by atoms with van der Waals surface area (Å²) in [5.41, 5.74) is 2.99. The van der Waals surface area contributed by atoms with Crippen LogP contribution in [0.5, 0.6) is 0 Å². The SMILES string of the molecule is O=C(NCc1sccc1Br)c1ccc2c(c1)COC2. The van der Waals surface area contributed by atoms with Crippen molar-refractivity contribution in [3.8, 4) is 0 Å². The van der Waals surface area contributed by atoms with Crippen LogP contribution in [0.1, 0.15) is 26.4 Å². The molecule has 1 aliphatic heterocycles. The third-order valence-electron chi connectivity index (χ3n) is 3.08. The van der Waals surface area contributed by atoms with Gasteiger partial charge in [-0.25, -0.2) is 0 Å². The standard InChI is InChI=1S/C14H12BrNO2S/c15-12-3-4-19-13(12)6-16-14(17)9-1-2-10-7-18-8-11(10)5-9/h1-5H,6-8H2,(H,16,17). The summed E-state index contributed by atoms with van der Waals surface area (Å²) in [7, 11) is 0. The van der Waals surface area contributed by atoms with E-state index in [4.69, 9.17) is 4.74 Å². The number of thiophene rings is 1. The lowest BCUT2D eigenvalue weighted by molar-refractivity contribution is 0.0951. The Bertz CT molecular complexity index is 624. The molecule has 3 nitrogen and oxygen atoms in total. The monoisotopic (exact) mass is 337 g/mol. The molecule has 0 spiro atoms. The van der Waals surface area contributed by atoms with Gasteiger partial charge in [0.2, 0.25) is 0 Å². The molecule has 1 aromatic carbocycles. The maximum atomic E-state index is 12.1. The molecule has 0 saturated carbocycles. The summed E-state index contributed by atoms with van der Waals surface area (Å²) >= 11 is 5.08. The maximum absolute atomic E-state index is 12.1. The number of nitrogens with one attached hydrogen (secondary N) is 1. The highest BCUT2D eigenvalue weighted by Gasteiger charge is 2.14. The Morgan fingerprint density at radius 3 is 2.95 bits per heavy atom. The fraction of sp³-hybridized carbons (Fsp3) is 0.214. The first kappa shape index (κ1) is 12.8. The number of amides is 1. The van der Waals surface area contributed by atoms with Crippen LogP contribution in [0.15, 0.2) is 34.1 Å². The van der Waals surface area contributed by atoms with Crippen molar-refractivity contribution in [3.63, 3.8) is 0 Å². The summed E-state index contributed by atoms with van der Waals surface area (Å²) in [6, 6.07) is 7.73. The molecule has 0 atom stereocenters. The van der Waals surface area contributed by atoms with Crippen molar-refractivity contribution >= 4 is 33.2 Å². The van der Waals surface area contributed by atoms with Gasteiger partial charge in [0.25, 0.3) is 5.91 Å². The number of carbonyl (C=O) groups is 1. The summed E-state index contributed by atoms with van der Waals surface area (Å²) in [5.74, 6) is -0.0463. The van der Waals surface area contributed by atoms with Crippen LogP contribution in [0.25, 0.3) is 0 Å². The van der Waals surface area contributed by atoms with E-state index in [0.29, 0.717) is 25.3 Å². The van der Waals surface area contributed by atoms with E-state index < -0.39 is 0 Å². The Morgan fingerprint density at radius 2 is 2.16 bits per heavy atom. The molecule has 98 valence electrons. The Kier molecular flexibility index (Phi) is 3.68. The second-order valence-electron chi connectivity index (χ2n) is 4.35. The first-order chi connectivity index (χ1) is 9.24. The quantitative estimate of drug-likeness (QED) is 0.931. The smallest absolute Gasteiger partial charge is 0.251 e. The highest BCUT2D eigenvalue weighted by atomic mass is 79.9. The molecule has 0 aliphatic carbocycles. The molecule has 2 aromatic rings. The van der Waals surface area contributed by atoms with Crippen molar-refractivity contribution in [3.05, 3.63) is 55.7 Å². The lowest BCUT2D eigenvalue weighted by atomic mass is 10.1. The van der Waals surface area contributed by atoms with Gasteiger partial charge in [-0.2, -0.15) is 0 Å². The second-order valence-corrected chi connectivity index (χ2v) is 6.21. The van der Waals surface area contributed by atoms with Crippen LogP contribution in [0.2, 0.25) is 0 Å². The Hall–Kier alpha value is -1.17. The lowest BCUT2D eigenvalue weighted by Crippen LogP contribution is -2.22. The van der Waals surface area contributed by atoms with E-state index in [2.05, 4.69) is 21.2 Å². The minimum Gasteiger partial charge on any atom is -0.372 e. The highest BCUT2D eigenvalue weighted by Crippen LogP contribution is 2.23. The molecule has 1 amide bonds. The average molecular weight is 338 g/mol. The zero-order chi connectivity index (χ0) is 13.2. The van der Waals surface area contributed by atoms with E-state index in [-0.39, 0.29) is 5.91 Å². The predicted molar refractivity (Wildman–Crippen MR) is 78.1 cm³/mol. The van der Waals surface area contributed by atoms with Gasteiger partial charge in [-0.3, -0.25) is 4.79 Å². The van der Waals surface area contributed by atoms with Crippen molar-refractivity contribution in [2.75, 3.05) is 0 Å². The molecule has 0 fully saturated rings. The maximum Gasteiger partial charge on any atom is 0.251 e. The van der Waals surface area contributed by atoms with Gasteiger partial charge in [-0.15, -0.1) is 11.3 Å². The topological polar surface area (TPSA) is 38.3 Å². The second kappa shape index (κ2) is 5.45. The Morgan fingerprint density at radius 1 is 1.32 bits per heavy atom. The zero-order valence-corrected chi connectivity index (χ0v) is 12.5. The molecule has 5 heteroatoms. The number of rotatable bonds is 3. The summed E-state index contributed by atoms with van der Waals surface area (Å²) < 4.78 is 6.39. The lowest BCUT2D eigenvalue weighted by Gasteiger charge is -2.06. The average Bonchev–Trinajstić information content (AvgIpc) is 3.03. The molecule has 2 heterocycles. The normalized spacial score (nSPS) is 13.3. The number of ether oxygens (including phenoxy) is 1. The fourth-order valence-corrected chi connectivity index (χ4v) is 3.46. The van der Waals surface area contributed by atoms with E-state index in [0.717, 1.165) is 14.9 Å². The molecule has 0 bridgehead atoms. The van der Waals surface area contributed by atoms with Crippen molar-refractivity contribution in [2.45, 2.75) is 19.8 Å². The number of fused-ring (bicyclic) bond motifs is 1. The molecule has 19 heavy (non-hydrogen) atoms. The minimum atomic E-state index is -0.0463. The first-order valence-corrected chi connectivity index (χ1v) is 7.61. The molecule has 1 aromatic heterocycles. The summed E-state index contributed by atoms with van der Waals surface area (Å²) in [6.07, 6.45) is 0. The third kappa shape index (κ3) is 2.73. The van der Waals surface area contributed by atoms with Gasteiger partial charge in [-0.1, -0.05) is 6.07 Å². The van der Waals surface area contributed by atoms with Crippen LogP contribution in [0.4, 0.5) is 0 Å². The van der Waals surface area contributed by atoms with E-state index in [9.17, 15) is 4.79 Å². The van der Waals surface area contributed by atoms with Gasteiger partial charge in [0.15, 0.2) is 0 Å². The largest absolute Gasteiger partial charge is 0.372 e. The number of hydrogen-bond donors (Lipinski definition) is 1. The zero-order valence-electron chi connectivity index (χ0n) is 10.1. The third-order valence-corrected chi connectivity index (χ3v) is 5.01. The first-order valence-electron chi connectivity index (χ1n) is 5.93. The van der Waals surface area contributed by atoms with Gasteiger partial charge < -0.3 is 10.1 Å². The fourth-order valence-electron chi connectivity index (χ4n) is 2.03. The summed E-state index contributed by atoms with van der Waals surface area (Å²) in [4.78, 5) is 13.2. The van der Waals surface area contributed by atoms with Crippen LogP contribution in [-0.2, 0) is 24.5 Å². The predicted octanol–water partition coefficient (Wildman–Crippen LogP) is 3.47. The van der Waals surface area contributed by atoms with Crippen molar-refractivity contribution in [2.24, 2.45) is 0 Å². The number of carbonyl (C=O) groups excluding carboxylic acids is 1. The van der Waals surface area contributed by atoms with Crippen LogP contribution in [0, 0.1) is 0 Å². The molecule has 3 rings (SSSR count). The van der Waals surface area contributed by atoms with Gasteiger partial charge in [0.1, 0.15) is 0 Å². The van der Waals surface area contributed by atoms with Crippen molar-refractivity contribution in [1.82, 2.24) is 5.32 Å². The van der Waals surface area contributed by atoms with E-state index in [1.54, 1.807) is 11.3 Å². The molecule has 1 N–H and O–H groups in total.